The summed E-state index contributed by atoms with van der Waals surface area (Å²) in [5, 5.41) is 0.674. The highest BCUT2D eigenvalue weighted by Crippen LogP contribution is 2.44. The van der Waals surface area contributed by atoms with Crippen molar-refractivity contribution in [3.05, 3.63) is 18.5 Å². The van der Waals surface area contributed by atoms with E-state index in [9.17, 15) is 8.42 Å². The number of ether oxygens (including phenoxy) is 2. The number of imidazole rings is 1. The van der Waals surface area contributed by atoms with Crippen molar-refractivity contribution in [1.29, 1.82) is 0 Å². The summed E-state index contributed by atoms with van der Waals surface area (Å²) in [6, 6.07) is 3.86. The predicted octanol–water partition coefficient (Wildman–Crippen LogP) is 1.68. The summed E-state index contributed by atoms with van der Waals surface area (Å²) in [4.78, 5) is 16.0. The average Bonchev–Trinajstić information content (AvgIpc) is 3.35. The third-order valence-corrected chi connectivity index (χ3v) is 7.37. The fraction of sp³-hybridized carbons (Fsp3) is 0.421. The topological polar surface area (TPSA) is 137 Å². The molecule has 1 aliphatic heterocycles. The van der Waals surface area contributed by atoms with Crippen LogP contribution in [0, 0.1) is 0 Å². The molecule has 3 heterocycles. The van der Waals surface area contributed by atoms with Crippen LogP contribution in [0.2, 0.25) is 0 Å². The Labute approximate surface area is 190 Å². The molecule has 2 aromatic heterocycles. The summed E-state index contributed by atoms with van der Waals surface area (Å²) in [6.07, 6.45) is 1.96. The van der Waals surface area contributed by atoms with E-state index in [1.807, 2.05) is 35.7 Å². The van der Waals surface area contributed by atoms with E-state index in [1.54, 1.807) is 6.92 Å². The van der Waals surface area contributed by atoms with E-state index in [-0.39, 0.29) is 12.5 Å². The van der Waals surface area contributed by atoms with Crippen molar-refractivity contribution < 1.29 is 17.9 Å². The maximum Gasteiger partial charge on any atom is 0.231 e. The van der Waals surface area contributed by atoms with Gasteiger partial charge in [-0.1, -0.05) is 0 Å². The van der Waals surface area contributed by atoms with Gasteiger partial charge in [-0.15, -0.1) is 0 Å². The van der Waals surface area contributed by atoms with Crippen LogP contribution in [0.3, 0.4) is 0 Å². The Morgan fingerprint density at radius 2 is 2.00 bits per heavy atom. The minimum Gasteiger partial charge on any atom is -0.454 e. The first-order chi connectivity index (χ1) is 15.3. The molecular weight excluding hydrogens is 454 g/mol. The Morgan fingerprint density at radius 3 is 2.72 bits per heavy atom. The van der Waals surface area contributed by atoms with Crippen LogP contribution >= 0.6 is 11.8 Å². The Kier molecular flexibility index (Phi) is 6.31. The number of nitrogens with two attached hydrogens (primary N) is 1. The van der Waals surface area contributed by atoms with Crippen molar-refractivity contribution in [2.75, 3.05) is 43.8 Å². The van der Waals surface area contributed by atoms with E-state index in [4.69, 9.17) is 20.2 Å². The average molecular weight is 480 g/mol. The van der Waals surface area contributed by atoms with E-state index in [1.165, 1.54) is 18.1 Å². The number of nitrogen functional groups attached to an aromatic ring is 1. The summed E-state index contributed by atoms with van der Waals surface area (Å²) in [6.45, 7) is 2.61. The van der Waals surface area contributed by atoms with Crippen molar-refractivity contribution in [2.24, 2.45) is 0 Å². The van der Waals surface area contributed by atoms with Gasteiger partial charge in [0.05, 0.1) is 11.4 Å². The number of nitrogens with one attached hydrogen (secondary N) is 1. The number of hydrogen-bond acceptors (Lipinski definition) is 10. The number of sulfonamides is 1. The van der Waals surface area contributed by atoms with Gasteiger partial charge in [0.2, 0.25) is 16.8 Å². The molecule has 0 atom stereocenters. The van der Waals surface area contributed by atoms with Gasteiger partial charge in [-0.2, -0.15) is 0 Å². The molecule has 4 rings (SSSR count). The van der Waals surface area contributed by atoms with Crippen molar-refractivity contribution in [3.8, 4) is 11.5 Å². The molecule has 0 radical (unpaired) electrons. The van der Waals surface area contributed by atoms with Crippen LogP contribution in [0.25, 0.3) is 11.2 Å². The maximum atomic E-state index is 11.7. The van der Waals surface area contributed by atoms with Crippen LogP contribution in [0.15, 0.2) is 28.5 Å². The lowest BCUT2D eigenvalue weighted by Gasteiger charge is -2.18. The van der Waals surface area contributed by atoms with Gasteiger partial charge in [-0.3, -0.25) is 0 Å². The Hall–Kier alpha value is -2.77. The molecule has 1 aliphatic rings. The van der Waals surface area contributed by atoms with Gasteiger partial charge in [0.1, 0.15) is 6.33 Å². The minimum absolute atomic E-state index is 0.0449. The highest BCUT2D eigenvalue weighted by Gasteiger charge is 2.22. The van der Waals surface area contributed by atoms with Crippen molar-refractivity contribution in [3.63, 3.8) is 0 Å². The molecule has 3 aromatic rings. The van der Waals surface area contributed by atoms with Gasteiger partial charge >= 0.3 is 0 Å². The number of rotatable bonds is 9. The van der Waals surface area contributed by atoms with Crippen LogP contribution < -0.4 is 24.8 Å². The second-order valence-corrected chi connectivity index (χ2v) is 10.4. The molecule has 0 spiro atoms. The zero-order valence-corrected chi connectivity index (χ0v) is 19.7. The third kappa shape index (κ3) is 4.54. The minimum atomic E-state index is -3.25. The number of nitrogens with zero attached hydrogens (tertiary/aromatic N) is 5. The van der Waals surface area contributed by atoms with E-state index < -0.39 is 10.0 Å². The summed E-state index contributed by atoms with van der Waals surface area (Å²) in [5.41, 5.74) is 8.11. The van der Waals surface area contributed by atoms with Gasteiger partial charge in [0.25, 0.3) is 0 Å². The number of fused-ring (bicyclic) bond motifs is 2. The van der Waals surface area contributed by atoms with Crippen LogP contribution in [0.4, 0.5) is 11.5 Å². The number of benzene rings is 1. The number of aryl methyl sites for hydroxylation is 1. The second kappa shape index (κ2) is 9.00. The zero-order chi connectivity index (χ0) is 22.9. The fourth-order valence-electron chi connectivity index (χ4n) is 3.22. The van der Waals surface area contributed by atoms with E-state index in [0.29, 0.717) is 53.1 Å². The highest BCUT2D eigenvalue weighted by molar-refractivity contribution is 7.99. The Balaban J connectivity index is 1.67. The zero-order valence-electron chi connectivity index (χ0n) is 18.0. The molecule has 0 bridgehead atoms. The number of hydrogen-bond donors (Lipinski definition) is 2. The molecule has 0 saturated heterocycles. The molecule has 0 aliphatic carbocycles. The van der Waals surface area contributed by atoms with E-state index in [2.05, 4.69) is 14.7 Å². The lowest BCUT2D eigenvalue weighted by molar-refractivity contribution is 0.174. The molecule has 3 N–H and O–H groups in total. The molecular formula is C19H25N7O4S2. The monoisotopic (exact) mass is 479 g/mol. The van der Waals surface area contributed by atoms with Gasteiger partial charge < -0.3 is 24.7 Å². The van der Waals surface area contributed by atoms with Crippen LogP contribution in [-0.2, 0) is 16.6 Å². The molecule has 1 aromatic carbocycles. The lowest BCUT2D eigenvalue weighted by Crippen LogP contribution is -2.27. The Morgan fingerprint density at radius 1 is 1.25 bits per heavy atom. The molecule has 11 nitrogen and oxygen atoms in total. The number of anilines is 2. The normalized spacial score (nSPS) is 13.1. The fourth-order valence-corrected chi connectivity index (χ4v) is 5.02. The smallest absolute Gasteiger partial charge is 0.231 e. The van der Waals surface area contributed by atoms with E-state index >= 15 is 0 Å². The predicted molar refractivity (Wildman–Crippen MR) is 123 cm³/mol. The largest absolute Gasteiger partial charge is 0.454 e. The number of aromatic nitrogens is 4. The van der Waals surface area contributed by atoms with E-state index in [0.717, 1.165) is 10.6 Å². The van der Waals surface area contributed by atoms with Crippen LogP contribution in [0.5, 0.6) is 11.5 Å². The van der Waals surface area contributed by atoms with Crippen molar-refractivity contribution in [1.82, 2.24) is 24.2 Å². The quantitative estimate of drug-likeness (QED) is 0.436. The van der Waals surface area contributed by atoms with Gasteiger partial charge in [-0.25, -0.2) is 28.1 Å². The molecule has 172 valence electrons. The molecule has 13 heteroatoms. The molecule has 0 unspecified atom stereocenters. The first-order valence-electron chi connectivity index (χ1n) is 10.0. The molecule has 0 amide bonds. The SMILES string of the molecule is CCS(=O)(=O)NCCCn1c(Sc2cc3c(cc2N(C)C)OCO3)nc2c(N)ncnc21. The van der Waals surface area contributed by atoms with Crippen LogP contribution in [-0.4, -0.2) is 61.1 Å². The molecule has 32 heavy (non-hydrogen) atoms. The first kappa shape index (κ1) is 22.4. The summed E-state index contributed by atoms with van der Waals surface area (Å²) < 4.78 is 39.0. The van der Waals surface area contributed by atoms with Gasteiger partial charge in [0.15, 0.2) is 33.6 Å². The summed E-state index contributed by atoms with van der Waals surface area (Å²) in [5.74, 6) is 1.71. The highest BCUT2D eigenvalue weighted by atomic mass is 32.2. The maximum absolute atomic E-state index is 11.7. The van der Waals surface area contributed by atoms with Crippen molar-refractivity contribution >= 4 is 44.5 Å². The third-order valence-electron chi connectivity index (χ3n) is 4.92. The van der Waals surface area contributed by atoms with Crippen LogP contribution in [0.1, 0.15) is 13.3 Å². The lowest BCUT2D eigenvalue weighted by atomic mass is 10.2. The second-order valence-electron chi connectivity index (χ2n) is 7.30. The summed E-state index contributed by atoms with van der Waals surface area (Å²) in [7, 11) is 0.658. The molecule has 0 fully saturated rings. The first-order valence-corrected chi connectivity index (χ1v) is 12.5. The Bertz CT molecular complexity index is 1240. The molecule has 0 saturated carbocycles. The van der Waals surface area contributed by atoms with Gasteiger partial charge in [0, 0.05) is 44.2 Å². The van der Waals surface area contributed by atoms with Gasteiger partial charge in [-0.05, 0) is 25.1 Å². The standard InChI is InChI=1S/C19H25N7O4S2/c1-4-32(27,28)23-6-5-7-26-18-16(17(20)21-10-22-18)24-19(26)31-15-9-14-13(29-11-30-14)8-12(15)25(2)3/h8-10,23H,4-7,11H2,1-3H3,(H2,20,21,22). The summed E-state index contributed by atoms with van der Waals surface area (Å²) >= 11 is 1.45. The van der Waals surface area contributed by atoms with Crippen molar-refractivity contribution in [2.45, 2.75) is 29.9 Å².